The number of halogens is 1. The molecule has 0 amide bonds. The van der Waals surface area contributed by atoms with Crippen LogP contribution >= 0.6 is 11.6 Å². The summed E-state index contributed by atoms with van der Waals surface area (Å²) in [5.41, 5.74) is 3.86. The molecule has 0 aliphatic carbocycles. The molecule has 4 rings (SSSR count). The summed E-state index contributed by atoms with van der Waals surface area (Å²) < 4.78 is 34.5. The summed E-state index contributed by atoms with van der Waals surface area (Å²) in [5, 5.41) is 0.606. The van der Waals surface area contributed by atoms with E-state index in [4.69, 9.17) is 16.3 Å². The molecule has 6 heteroatoms. The molecule has 0 atom stereocenters. The molecule has 164 valence electrons. The van der Waals surface area contributed by atoms with Crippen LogP contribution in [0.3, 0.4) is 0 Å². The Bertz CT molecular complexity index is 1230. The van der Waals surface area contributed by atoms with E-state index < -0.39 is 10.0 Å². The Labute approximate surface area is 194 Å². The van der Waals surface area contributed by atoms with Gasteiger partial charge in [-0.3, -0.25) is 4.31 Å². The van der Waals surface area contributed by atoms with Gasteiger partial charge in [0.15, 0.2) is 0 Å². The van der Waals surface area contributed by atoms with Crippen molar-refractivity contribution in [1.82, 2.24) is 4.31 Å². The van der Waals surface area contributed by atoms with Crippen molar-refractivity contribution in [2.45, 2.75) is 18.2 Å². The fourth-order valence-corrected chi connectivity index (χ4v) is 4.88. The fraction of sp³-hybridized carbons (Fsp3) is 0.154. The maximum Gasteiger partial charge on any atom is 0.264 e. The van der Waals surface area contributed by atoms with Crippen LogP contribution in [0.15, 0.2) is 96.0 Å². The number of benzene rings is 3. The minimum atomic E-state index is -3.78. The van der Waals surface area contributed by atoms with Crippen molar-refractivity contribution < 1.29 is 13.2 Å². The fourth-order valence-electron chi connectivity index (χ4n) is 3.49. The van der Waals surface area contributed by atoms with E-state index in [9.17, 15) is 8.42 Å². The SMILES string of the molecule is Cc1ccc(S(=O)(=O)N2/C=C(/c3ccc(Cl)cc3)OCC/C(c3ccccc3)=C\C2)cc1. The molecule has 0 radical (unpaired) electrons. The van der Waals surface area contributed by atoms with Gasteiger partial charge in [-0.15, -0.1) is 0 Å². The van der Waals surface area contributed by atoms with E-state index in [0.29, 0.717) is 23.8 Å². The molecule has 0 aromatic heterocycles. The Kier molecular flexibility index (Phi) is 6.68. The third-order valence-electron chi connectivity index (χ3n) is 5.31. The highest BCUT2D eigenvalue weighted by atomic mass is 35.5. The molecule has 0 saturated heterocycles. The topological polar surface area (TPSA) is 46.6 Å². The number of ether oxygens (including phenoxy) is 1. The monoisotopic (exact) mass is 465 g/mol. The summed E-state index contributed by atoms with van der Waals surface area (Å²) >= 11 is 6.04. The number of rotatable bonds is 4. The molecule has 0 fully saturated rings. The van der Waals surface area contributed by atoms with Gasteiger partial charge in [0.05, 0.1) is 24.2 Å². The van der Waals surface area contributed by atoms with Crippen LogP contribution in [-0.4, -0.2) is 25.9 Å². The number of sulfonamides is 1. The molecule has 0 saturated carbocycles. The summed E-state index contributed by atoms with van der Waals surface area (Å²) in [5.74, 6) is 0.486. The van der Waals surface area contributed by atoms with Crippen molar-refractivity contribution in [3.05, 3.63) is 113 Å². The van der Waals surface area contributed by atoms with Crippen molar-refractivity contribution in [2.75, 3.05) is 13.2 Å². The summed E-state index contributed by atoms with van der Waals surface area (Å²) in [6.07, 6.45) is 4.20. The second kappa shape index (κ2) is 9.63. The minimum absolute atomic E-state index is 0.195. The van der Waals surface area contributed by atoms with E-state index in [-0.39, 0.29) is 11.4 Å². The Balaban J connectivity index is 1.77. The van der Waals surface area contributed by atoms with Crippen LogP contribution in [0.2, 0.25) is 5.02 Å². The molecule has 0 N–H and O–H groups in total. The number of hydrogen-bond donors (Lipinski definition) is 0. The van der Waals surface area contributed by atoms with Gasteiger partial charge in [0.2, 0.25) is 0 Å². The lowest BCUT2D eigenvalue weighted by Crippen LogP contribution is -2.27. The van der Waals surface area contributed by atoms with Crippen LogP contribution in [0.5, 0.6) is 0 Å². The molecular weight excluding hydrogens is 442 g/mol. The zero-order valence-electron chi connectivity index (χ0n) is 17.7. The standard InChI is InChI=1S/C26H24ClNO3S/c1-20-7-13-25(14-8-20)32(29,30)28-17-15-22(21-5-3-2-4-6-21)16-18-31-26(19-28)23-9-11-24(27)12-10-23/h2-15,19H,16-18H2,1H3/b22-15+,26-19-. The van der Waals surface area contributed by atoms with Crippen molar-refractivity contribution in [3.63, 3.8) is 0 Å². The molecule has 32 heavy (non-hydrogen) atoms. The highest BCUT2D eigenvalue weighted by Crippen LogP contribution is 2.27. The lowest BCUT2D eigenvalue weighted by molar-refractivity contribution is 0.283. The number of aryl methyl sites for hydroxylation is 1. The second-order valence-electron chi connectivity index (χ2n) is 7.58. The first kappa shape index (κ1) is 22.2. The van der Waals surface area contributed by atoms with Gasteiger partial charge in [-0.25, -0.2) is 8.42 Å². The smallest absolute Gasteiger partial charge is 0.264 e. The van der Waals surface area contributed by atoms with Gasteiger partial charge in [0.25, 0.3) is 10.0 Å². The van der Waals surface area contributed by atoms with Crippen LogP contribution in [-0.2, 0) is 14.8 Å². The Morgan fingerprint density at radius 1 is 0.875 bits per heavy atom. The quantitative estimate of drug-likeness (QED) is 0.464. The first-order valence-electron chi connectivity index (χ1n) is 10.4. The predicted molar refractivity (Wildman–Crippen MR) is 129 cm³/mol. The molecule has 1 heterocycles. The summed E-state index contributed by atoms with van der Waals surface area (Å²) in [6, 6.07) is 24.0. The number of nitrogens with zero attached hydrogens (tertiary/aromatic N) is 1. The third kappa shape index (κ3) is 5.06. The molecular formula is C26H24ClNO3S. The third-order valence-corrected chi connectivity index (χ3v) is 7.30. The van der Waals surface area contributed by atoms with E-state index in [1.165, 1.54) is 4.31 Å². The van der Waals surface area contributed by atoms with Crippen molar-refractivity contribution in [1.29, 1.82) is 0 Å². The van der Waals surface area contributed by atoms with Crippen LogP contribution < -0.4 is 0 Å². The molecule has 1 aliphatic heterocycles. The van der Waals surface area contributed by atoms with Crippen molar-refractivity contribution >= 4 is 33.0 Å². The maximum atomic E-state index is 13.5. The van der Waals surface area contributed by atoms with Crippen LogP contribution in [0.1, 0.15) is 23.1 Å². The first-order chi connectivity index (χ1) is 15.4. The zero-order chi connectivity index (χ0) is 22.6. The van der Waals surface area contributed by atoms with Crippen LogP contribution in [0.25, 0.3) is 11.3 Å². The maximum absolute atomic E-state index is 13.5. The van der Waals surface area contributed by atoms with Gasteiger partial charge in [-0.1, -0.05) is 65.7 Å². The highest BCUT2D eigenvalue weighted by molar-refractivity contribution is 7.89. The first-order valence-corrected chi connectivity index (χ1v) is 12.2. The van der Waals surface area contributed by atoms with Gasteiger partial charge in [0.1, 0.15) is 5.76 Å². The van der Waals surface area contributed by atoms with E-state index in [1.807, 2.05) is 55.5 Å². The Hall–Kier alpha value is -3.02. The van der Waals surface area contributed by atoms with E-state index in [2.05, 4.69) is 0 Å². The lowest BCUT2D eigenvalue weighted by atomic mass is 10.0. The molecule has 0 spiro atoms. The average Bonchev–Trinajstić information content (AvgIpc) is 2.91. The molecule has 0 unspecified atom stereocenters. The molecule has 0 bridgehead atoms. The normalized spacial score (nSPS) is 18.2. The van der Waals surface area contributed by atoms with E-state index in [1.54, 1.807) is 42.6 Å². The van der Waals surface area contributed by atoms with Gasteiger partial charge in [-0.05, 0) is 54.5 Å². The van der Waals surface area contributed by atoms with Gasteiger partial charge < -0.3 is 4.74 Å². The minimum Gasteiger partial charge on any atom is -0.491 e. The Morgan fingerprint density at radius 2 is 1.56 bits per heavy atom. The molecule has 3 aromatic carbocycles. The van der Waals surface area contributed by atoms with Crippen molar-refractivity contribution in [2.24, 2.45) is 0 Å². The summed E-state index contributed by atoms with van der Waals surface area (Å²) in [7, 11) is -3.78. The predicted octanol–water partition coefficient (Wildman–Crippen LogP) is 6.14. The van der Waals surface area contributed by atoms with Crippen molar-refractivity contribution in [3.8, 4) is 0 Å². The second-order valence-corrected chi connectivity index (χ2v) is 9.91. The van der Waals surface area contributed by atoms with E-state index in [0.717, 1.165) is 22.3 Å². The van der Waals surface area contributed by atoms with Crippen LogP contribution in [0.4, 0.5) is 0 Å². The molecule has 3 aromatic rings. The van der Waals surface area contributed by atoms with Gasteiger partial charge in [0, 0.05) is 17.0 Å². The summed E-state index contributed by atoms with van der Waals surface area (Å²) in [6.45, 7) is 2.55. The lowest BCUT2D eigenvalue weighted by Gasteiger charge is -2.21. The highest BCUT2D eigenvalue weighted by Gasteiger charge is 2.23. The van der Waals surface area contributed by atoms with E-state index >= 15 is 0 Å². The molecule has 4 nitrogen and oxygen atoms in total. The van der Waals surface area contributed by atoms with Gasteiger partial charge in [-0.2, -0.15) is 0 Å². The zero-order valence-corrected chi connectivity index (χ0v) is 19.3. The largest absolute Gasteiger partial charge is 0.491 e. The Morgan fingerprint density at radius 3 is 2.25 bits per heavy atom. The number of hydrogen-bond acceptors (Lipinski definition) is 3. The molecule has 1 aliphatic rings. The average molecular weight is 466 g/mol. The van der Waals surface area contributed by atoms with Gasteiger partial charge >= 0.3 is 0 Å². The summed E-state index contributed by atoms with van der Waals surface area (Å²) in [4.78, 5) is 0.240. The van der Waals surface area contributed by atoms with Crippen LogP contribution in [0, 0.1) is 6.92 Å².